The Morgan fingerprint density at radius 3 is 2.90 bits per heavy atom. The molecule has 4 heterocycles. The highest BCUT2D eigenvalue weighted by atomic mass is 32.1. The van der Waals surface area contributed by atoms with Gasteiger partial charge in [0.2, 0.25) is 0 Å². The molecule has 1 aliphatic heterocycles. The molecule has 150 valence electrons. The molecule has 5 rings (SSSR count). The van der Waals surface area contributed by atoms with Crippen molar-refractivity contribution < 1.29 is 9.90 Å². The summed E-state index contributed by atoms with van der Waals surface area (Å²) in [6.45, 7) is 1.30. The third-order valence-corrected chi connectivity index (χ3v) is 6.03. The maximum Gasteiger partial charge on any atom is 0.355 e. The van der Waals surface area contributed by atoms with Crippen molar-refractivity contribution in [1.82, 2.24) is 19.9 Å². The first-order chi connectivity index (χ1) is 14.6. The lowest BCUT2D eigenvalue weighted by Gasteiger charge is -2.29. The fourth-order valence-corrected chi connectivity index (χ4v) is 4.44. The fraction of sp³-hybridized carbons (Fsp3) is 0.190. The molecule has 4 aromatic rings. The number of pyridine rings is 1. The van der Waals surface area contributed by atoms with E-state index in [4.69, 9.17) is 15.1 Å². The molecule has 0 radical (unpaired) electrons. The minimum atomic E-state index is -1.01. The summed E-state index contributed by atoms with van der Waals surface area (Å²) in [6.07, 6.45) is 2.53. The molecule has 0 bridgehead atoms. The minimum Gasteiger partial charge on any atom is -0.476 e. The molecule has 3 aromatic heterocycles. The van der Waals surface area contributed by atoms with Gasteiger partial charge in [-0.2, -0.15) is 0 Å². The molecule has 0 saturated carbocycles. The first kappa shape index (κ1) is 18.4. The lowest BCUT2D eigenvalue weighted by atomic mass is 10.1. The van der Waals surface area contributed by atoms with Gasteiger partial charge in [0, 0.05) is 48.1 Å². The summed E-state index contributed by atoms with van der Waals surface area (Å²) in [5.41, 5.74) is 3.89. The molecule has 0 aliphatic carbocycles. The molecule has 2 N–H and O–H groups in total. The molecule has 1 aliphatic rings. The van der Waals surface area contributed by atoms with E-state index < -0.39 is 5.97 Å². The number of nitrogens with zero attached hydrogens (tertiary/aromatic N) is 5. The first-order valence-electron chi connectivity index (χ1n) is 9.49. The molecule has 0 spiro atoms. The predicted molar refractivity (Wildman–Crippen MR) is 116 cm³/mol. The van der Waals surface area contributed by atoms with E-state index in [-0.39, 0.29) is 5.69 Å². The normalized spacial score (nSPS) is 13.3. The van der Waals surface area contributed by atoms with Crippen molar-refractivity contribution in [3.05, 3.63) is 58.9 Å². The topological polar surface area (TPSA) is 104 Å². The van der Waals surface area contributed by atoms with Crippen LogP contribution in [-0.4, -0.2) is 44.6 Å². The average Bonchev–Trinajstić information content (AvgIpc) is 3.28. The monoisotopic (exact) mass is 418 g/mol. The number of hydrogen-bond donors (Lipinski definition) is 2. The number of rotatable bonds is 4. The molecule has 0 unspecified atom stereocenters. The van der Waals surface area contributed by atoms with E-state index in [1.807, 2.05) is 37.5 Å². The number of carbonyl (C=O) groups is 1. The van der Waals surface area contributed by atoms with Crippen molar-refractivity contribution in [1.29, 1.82) is 0 Å². The molecule has 0 atom stereocenters. The van der Waals surface area contributed by atoms with Crippen LogP contribution in [0.25, 0.3) is 22.3 Å². The zero-order chi connectivity index (χ0) is 20.7. The van der Waals surface area contributed by atoms with Gasteiger partial charge >= 0.3 is 5.97 Å². The van der Waals surface area contributed by atoms with E-state index in [0.717, 1.165) is 46.5 Å². The Labute approximate surface area is 176 Å². The van der Waals surface area contributed by atoms with E-state index >= 15 is 0 Å². The predicted octanol–water partition coefficient (Wildman–Crippen LogP) is 3.45. The quantitative estimate of drug-likeness (QED) is 0.519. The zero-order valence-corrected chi connectivity index (χ0v) is 17.0. The van der Waals surface area contributed by atoms with Crippen LogP contribution in [0.1, 0.15) is 21.7 Å². The van der Waals surface area contributed by atoms with Crippen molar-refractivity contribution in [3.63, 3.8) is 0 Å². The molecule has 0 saturated heterocycles. The fourth-order valence-electron chi connectivity index (χ4n) is 3.61. The van der Waals surface area contributed by atoms with Crippen LogP contribution in [0.4, 0.5) is 10.9 Å². The molecule has 0 amide bonds. The molecule has 0 fully saturated rings. The van der Waals surface area contributed by atoms with E-state index in [9.17, 15) is 4.79 Å². The van der Waals surface area contributed by atoms with Crippen molar-refractivity contribution in [2.45, 2.75) is 13.0 Å². The Kier molecular flexibility index (Phi) is 4.51. The van der Waals surface area contributed by atoms with Gasteiger partial charge in [-0.25, -0.2) is 19.7 Å². The maximum atomic E-state index is 11.1. The second-order valence-electron chi connectivity index (χ2n) is 6.98. The van der Waals surface area contributed by atoms with Crippen LogP contribution >= 0.6 is 11.3 Å². The molecule has 9 heteroatoms. The number of para-hydroxylation sites is 1. The smallest absolute Gasteiger partial charge is 0.355 e. The zero-order valence-electron chi connectivity index (χ0n) is 16.2. The van der Waals surface area contributed by atoms with Gasteiger partial charge in [-0.05, 0) is 12.1 Å². The lowest BCUT2D eigenvalue weighted by Crippen LogP contribution is -2.32. The highest BCUT2D eigenvalue weighted by Gasteiger charge is 2.25. The van der Waals surface area contributed by atoms with Crippen LogP contribution in [0.2, 0.25) is 0 Å². The number of thiazole rings is 1. The Morgan fingerprint density at radius 1 is 1.23 bits per heavy atom. The maximum absolute atomic E-state index is 11.1. The summed E-state index contributed by atoms with van der Waals surface area (Å²) in [4.78, 5) is 31.5. The summed E-state index contributed by atoms with van der Waals surface area (Å²) in [5, 5.41) is 15.6. The molecule has 30 heavy (non-hydrogen) atoms. The largest absolute Gasteiger partial charge is 0.476 e. The third kappa shape index (κ3) is 3.22. The number of anilines is 2. The van der Waals surface area contributed by atoms with Crippen molar-refractivity contribution in [2.24, 2.45) is 0 Å². The van der Waals surface area contributed by atoms with Gasteiger partial charge in [0.15, 0.2) is 16.6 Å². The minimum absolute atomic E-state index is 0.0741. The van der Waals surface area contributed by atoms with Gasteiger partial charge in [-0.15, -0.1) is 11.3 Å². The second kappa shape index (κ2) is 7.34. The van der Waals surface area contributed by atoms with Crippen molar-refractivity contribution in [2.75, 3.05) is 23.8 Å². The summed E-state index contributed by atoms with van der Waals surface area (Å²) >= 11 is 1.34. The SMILES string of the molecule is CNc1nc(-c2cnc3ccccc3c2)nc2c1CN(c1nc(C(=O)O)cs1)CC2. The lowest BCUT2D eigenvalue weighted by molar-refractivity contribution is 0.0691. The van der Waals surface area contributed by atoms with Crippen molar-refractivity contribution in [3.8, 4) is 11.4 Å². The number of carboxylic acid groups (broad SMARTS) is 1. The van der Waals surface area contributed by atoms with Gasteiger partial charge in [-0.3, -0.25) is 4.98 Å². The van der Waals surface area contributed by atoms with E-state index in [0.29, 0.717) is 17.5 Å². The van der Waals surface area contributed by atoms with Crippen LogP contribution in [-0.2, 0) is 13.0 Å². The highest BCUT2D eigenvalue weighted by molar-refractivity contribution is 7.13. The summed E-state index contributed by atoms with van der Waals surface area (Å²) in [5.74, 6) is 0.401. The van der Waals surface area contributed by atoms with Gasteiger partial charge < -0.3 is 15.3 Å². The summed E-state index contributed by atoms with van der Waals surface area (Å²) < 4.78 is 0. The number of benzene rings is 1. The summed E-state index contributed by atoms with van der Waals surface area (Å²) in [7, 11) is 1.84. The van der Waals surface area contributed by atoms with Gasteiger partial charge in [0.25, 0.3) is 0 Å². The molecular weight excluding hydrogens is 400 g/mol. The number of aromatic carboxylic acids is 1. The average molecular weight is 418 g/mol. The van der Waals surface area contributed by atoms with Crippen molar-refractivity contribution >= 4 is 39.2 Å². The van der Waals surface area contributed by atoms with Crippen LogP contribution in [0.5, 0.6) is 0 Å². The Balaban J connectivity index is 1.50. The van der Waals surface area contributed by atoms with Gasteiger partial charge in [0.1, 0.15) is 5.82 Å². The van der Waals surface area contributed by atoms with Crippen LogP contribution in [0.15, 0.2) is 41.9 Å². The van der Waals surface area contributed by atoms with Crippen LogP contribution < -0.4 is 10.2 Å². The number of carboxylic acids is 1. The van der Waals surface area contributed by atoms with Gasteiger partial charge in [0.05, 0.1) is 17.8 Å². The summed E-state index contributed by atoms with van der Waals surface area (Å²) in [6, 6.07) is 10.0. The standard InChI is InChI=1S/C21H18N6O2S/c1-22-19-14-10-27(21-25-17(11-30-21)20(28)29)7-6-16(14)24-18(26-19)13-8-12-4-2-3-5-15(12)23-9-13/h2-5,8-9,11H,6-7,10H2,1H3,(H,28,29)(H,22,24,26). The van der Waals surface area contributed by atoms with Crippen LogP contribution in [0, 0.1) is 0 Å². The van der Waals surface area contributed by atoms with Crippen LogP contribution in [0.3, 0.4) is 0 Å². The number of fused-ring (bicyclic) bond motifs is 2. The van der Waals surface area contributed by atoms with Gasteiger partial charge in [-0.1, -0.05) is 18.2 Å². The second-order valence-corrected chi connectivity index (χ2v) is 7.82. The van der Waals surface area contributed by atoms with E-state index in [1.54, 1.807) is 5.38 Å². The molecule has 1 aromatic carbocycles. The number of hydrogen-bond acceptors (Lipinski definition) is 8. The Hall–Kier alpha value is -3.59. The first-order valence-corrected chi connectivity index (χ1v) is 10.4. The number of nitrogens with one attached hydrogen (secondary N) is 1. The Bertz CT molecular complexity index is 1250. The Morgan fingerprint density at radius 2 is 2.10 bits per heavy atom. The number of aromatic nitrogens is 4. The van der Waals surface area contributed by atoms with E-state index in [1.165, 1.54) is 11.3 Å². The third-order valence-electron chi connectivity index (χ3n) is 5.13. The molecule has 8 nitrogen and oxygen atoms in total. The molecular formula is C21H18N6O2S. The van der Waals surface area contributed by atoms with E-state index in [2.05, 4.69) is 26.3 Å². The highest BCUT2D eigenvalue weighted by Crippen LogP contribution is 2.31.